The van der Waals surface area contributed by atoms with Gasteiger partial charge >= 0.3 is 5.97 Å². The lowest BCUT2D eigenvalue weighted by Gasteiger charge is -2.10. The van der Waals surface area contributed by atoms with Crippen molar-refractivity contribution in [2.75, 3.05) is 6.61 Å². The first-order chi connectivity index (χ1) is 7.59. The third-order valence-electron chi connectivity index (χ3n) is 1.81. The van der Waals surface area contributed by atoms with E-state index in [9.17, 15) is 9.59 Å². The Morgan fingerprint density at radius 2 is 1.94 bits per heavy atom. The average Bonchev–Trinajstić information content (AvgIpc) is 2.27. The molecule has 1 rings (SSSR count). The van der Waals surface area contributed by atoms with E-state index in [1.165, 1.54) is 6.92 Å². The lowest BCUT2D eigenvalue weighted by Crippen LogP contribution is -2.32. The molecule has 0 radical (unpaired) electrons. The molecule has 0 aliphatic carbocycles. The second-order valence-corrected chi connectivity index (χ2v) is 3.14. The van der Waals surface area contributed by atoms with Crippen molar-refractivity contribution < 1.29 is 19.1 Å². The lowest BCUT2D eigenvalue weighted by molar-refractivity contribution is -0.155. The van der Waals surface area contributed by atoms with Crippen LogP contribution in [-0.2, 0) is 14.3 Å². The molecule has 0 aromatic heterocycles. The van der Waals surface area contributed by atoms with E-state index in [4.69, 9.17) is 15.2 Å². The molecule has 1 atom stereocenters. The summed E-state index contributed by atoms with van der Waals surface area (Å²) in [7, 11) is 0. The summed E-state index contributed by atoms with van der Waals surface area (Å²) >= 11 is 0. The quantitative estimate of drug-likeness (QED) is 0.736. The van der Waals surface area contributed by atoms with Gasteiger partial charge in [-0.1, -0.05) is 18.2 Å². The van der Waals surface area contributed by atoms with Gasteiger partial charge in [0.1, 0.15) is 5.75 Å². The normalized spacial score (nSPS) is 11.6. The van der Waals surface area contributed by atoms with E-state index in [-0.39, 0.29) is 6.61 Å². The van der Waals surface area contributed by atoms with Gasteiger partial charge in [-0.2, -0.15) is 0 Å². The summed E-state index contributed by atoms with van der Waals surface area (Å²) in [4.78, 5) is 21.8. The topological polar surface area (TPSA) is 78.6 Å². The maximum absolute atomic E-state index is 11.2. The number of hydrogen-bond acceptors (Lipinski definition) is 4. The second kappa shape index (κ2) is 5.75. The molecule has 0 aliphatic heterocycles. The average molecular weight is 223 g/mol. The standard InChI is InChI=1S/C11H13NO4/c1-8(11(12)14)16-10(13)7-15-9-5-3-2-4-6-9/h2-6,8H,7H2,1H3,(H2,12,14)/t8-/m1/s1. The van der Waals surface area contributed by atoms with E-state index in [2.05, 4.69) is 0 Å². The fraction of sp³-hybridized carbons (Fsp3) is 0.273. The molecule has 5 nitrogen and oxygen atoms in total. The van der Waals surface area contributed by atoms with E-state index in [1.54, 1.807) is 24.3 Å². The summed E-state index contributed by atoms with van der Waals surface area (Å²) in [6.45, 7) is 1.16. The van der Waals surface area contributed by atoms with E-state index in [1.807, 2.05) is 6.07 Å². The number of amides is 1. The minimum Gasteiger partial charge on any atom is -0.482 e. The molecule has 0 aliphatic rings. The van der Waals surface area contributed by atoms with Gasteiger partial charge in [-0.05, 0) is 19.1 Å². The molecule has 16 heavy (non-hydrogen) atoms. The van der Waals surface area contributed by atoms with Gasteiger partial charge in [-0.25, -0.2) is 4.79 Å². The number of carbonyl (C=O) groups excluding carboxylic acids is 2. The lowest BCUT2D eigenvalue weighted by atomic mass is 10.3. The fourth-order valence-electron chi connectivity index (χ4n) is 0.948. The molecular formula is C11H13NO4. The molecule has 1 aromatic rings. The van der Waals surface area contributed by atoms with Crippen LogP contribution >= 0.6 is 0 Å². The van der Waals surface area contributed by atoms with Crippen LogP contribution in [0, 0.1) is 0 Å². The van der Waals surface area contributed by atoms with Gasteiger partial charge in [0.15, 0.2) is 12.7 Å². The molecule has 0 heterocycles. The van der Waals surface area contributed by atoms with Gasteiger partial charge in [0, 0.05) is 0 Å². The van der Waals surface area contributed by atoms with E-state index in [0.717, 1.165) is 0 Å². The van der Waals surface area contributed by atoms with Crippen LogP contribution in [0.2, 0.25) is 0 Å². The van der Waals surface area contributed by atoms with Gasteiger partial charge < -0.3 is 15.2 Å². The van der Waals surface area contributed by atoms with E-state index >= 15 is 0 Å². The smallest absolute Gasteiger partial charge is 0.344 e. The predicted octanol–water partition coefficient (Wildman–Crippen LogP) is 0.482. The fourth-order valence-corrected chi connectivity index (χ4v) is 0.948. The maximum atomic E-state index is 11.2. The molecule has 86 valence electrons. The molecule has 0 spiro atoms. The Morgan fingerprint density at radius 3 is 2.50 bits per heavy atom. The van der Waals surface area contributed by atoms with Crippen molar-refractivity contribution in [3.05, 3.63) is 30.3 Å². The first-order valence-corrected chi connectivity index (χ1v) is 4.76. The molecule has 0 bridgehead atoms. The molecule has 0 saturated carbocycles. The highest BCUT2D eigenvalue weighted by Crippen LogP contribution is 2.08. The maximum Gasteiger partial charge on any atom is 0.344 e. The van der Waals surface area contributed by atoms with Crippen molar-refractivity contribution in [3.8, 4) is 5.75 Å². The van der Waals surface area contributed by atoms with Gasteiger partial charge in [0.25, 0.3) is 5.91 Å². The zero-order valence-electron chi connectivity index (χ0n) is 8.88. The van der Waals surface area contributed by atoms with Crippen LogP contribution in [0.4, 0.5) is 0 Å². The first kappa shape index (κ1) is 12.0. The van der Waals surface area contributed by atoms with Crippen LogP contribution in [0.1, 0.15) is 6.92 Å². The third kappa shape index (κ3) is 4.00. The molecular weight excluding hydrogens is 210 g/mol. The Hall–Kier alpha value is -2.04. The van der Waals surface area contributed by atoms with Crippen molar-refractivity contribution in [3.63, 3.8) is 0 Å². The molecule has 0 unspecified atom stereocenters. The Balaban J connectivity index is 2.33. The highest BCUT2D eigenvalue weighted by atomic mass is 16.6. The zero-order valence-corrected chi connectivity index (χ0v) is 8.88. The SMILES string of the molecule is C[C@@H](OC(=O)COc1ccccc1)C(N)=O. The van der Waals surface area contributed by atoms with Crippen LogP contribution in [-0.4, -0.2) is 24.6 Å². The number of hydrogen-bond donors (Lipinski definition) is 1. The van der Waals surface area contributed by atoms with Gasteiger partial charge in [0.05, 0.1) is 0 Å². The van der Waals surface area contributed by atoms with Crippen LogP contribution in [0.25, 0.3) is 0 Å². The number of nitrogens with two attached hydrogens (primary N) is 1. The molecule has 1 aromatic carbocycles. The minimum absolute atomic E-state index is 0.248. The number of esters is 1. The van der Waals surface area contributed by atoms with Crippen LogP contribution < -0.4 is 10.5 Å². The monoisotopic (exact) mass is 223 g/mol. The third-order valence-corrected chi connectivity index (χ3v) is 1.81. The first-order valence-electron chi connectivity index (χ1n) is 4.76. The van der Waals surface area contributed by atoms with Gasteiger partial charge in [-0.15, -0.1) is 0 Å². The molecule has 2 N–H and O–H groups in total. The van der Waals surface area contributed by atoms with Crippen molar-refractivity contribution >= 4 is 11.9 Å². The number of primary amides is 1. The van der Waals surface area contributed by atoms with E-state index in [0.29, 0.717) is 5.75 Å². The number of para-hydroxylation sites is 1. The van der Waals surface area contributed by atoms with Crippen LogP contribution in [0.5, 0.6) is 5.75 Å². The number of rotatable bonds is 5. The molecule has 5 heteroatoms. The second-order valence-electron chi connectivity index (χ2n) is 3.14. The minimum atomic E-state index is -0.938. The molecule has 1 amide bonds. The highest BCUT2D eigenvalue weighted by Gasteiger charge is 2.14. The van der Waals surface area contributed by atoms with Crippen molar-refractivity contribution in [2.45, 2.75) is 13.0 Å². The van der Waals surface area contributed by atoms with Gasteiger partial charge in [0.2, 0.25) is 0 Å². The van der Waals surface area contributed by atoms with Crippen molar-refractivity contribution in [1.82, 2.24) is 0 Å². The predicted molar refractivity (Wildman–Crippen MR) is 56.7 cm³/mol. The summed E-state index contributed by atoms with van der Waals surface area (Å²) in [6, 6.07) is 8.83. The molecule has 0 saturated heterocycles. The summed E-state index contributed by atoms with van der Waals surface area (Å²) in [5.74, 6) is -0.755. The number of benzene rings is 1. The largest absolute Gasteiger partial charge is 0.482 e. The van der Waals surface area contributed by atoms with Crippen molar-refractivity contribution in [2.24, 2.45) is 5.73 Å². The summed E-state index contributed by atoms with van der Waals surface area (Å²) in [6.07, 6.45) is -0.938. The van der Waals surface area contributed by atoms with E-state index < -0.39 is 18.0 Å². The number of ether oxygens (including phenoxy) is 2. The Morgan fingerprint density at radius 1 is 1.31 bits per heavy atom. The Kier molecular flexibility index (Phi) is 4.32. The van der Waals surface area contributed by atoms with Crippen LogP contribution in [0.3, 0.4) is 0 Å². The zero-order chi connectivity index (χ0) is 12.0. The summed E-state index contributed by atoms with van der Waals surface area (Å²) in [5.41, 5.74) is 4.93. The molecule has 0 fully saturated rings. The van der Waals surface area contributed by atoms with Crippen LogP contribution in [0.15, 0.2) is 30.3 Å². The Labute approximate surface area is 93.1 Å². The number of carbonyl (C=O) groups is 2. The van der Waals surface area contributed by atoms with Gasteiger partial charge in [-0.3, -0.25) is 4.79 Å². The summed E-state index contributed by atoms with van der Waals surface area (Å²) in [5, 5.41) is 0. The Bertz CT molecular complexity index is 364. The highest BCUT2D eigenvalue weighted by molar-refractivity contribution is 5.82. The van der Waals surface area contributed by atoms with Crippen molar-refractivity contribution in [1.29, 1.82) is 0 Å². The summed E-state index contributed by atoms with van der Waals surface area (Å²) < 4.78 is 9.82.